The molecule has 0 aliphatic carbocycles. The monoisotopic (exact) mass is 398 g/mol. The van der Waals surface area contributed by atoms with Gasteiger partial charge in [0, 0.05) is 4.47 Å². The minimum absolute atomic E-state index is 0.0850. The quantitative estimate of drug-likeness (QED) is 0.600. The number of carbonyl (C=O) groups is 1. The second-order valence-corrected chi connectivity index (χ2v) is 6.09. The van der Waals surface area contributed by atoms with Gasteiger partial charge in [-0.05, 0) is 42.0 Å². The number of rotatable bonds is 3. The van der Waals surface area contributed by atoms with Crippen molar-refractivity contribution in [2.24, 2.45) is 0 Å². The maximum absolute atomic E-state index is 12.2. The highest BCUT2D eigenvalue weighted by Crippen LogP contribution is 2.23. The molecular weight excluding hydrogens is 391 g/mol. The van der Waals surface area contributed by atoms with E-state index in [0.717, 1.165) is 0 Å². The molecule has 0 aromatic heterocycles. The molecule has 0 aliphatic heterocycles. The van der Waals surface area contributed by atoms with Crippen molar-refractivity contribution in [1.82, 2.24) is 0 Å². The molecule has 0 bridgehead atoms. The maximum atomic E-state index is 12.2. The lowest BCUT2D eigenvalue weighted by Gasteiger charge is -1.98. The number of benzene rings is 1. The number of ketones is 1. The van der Waals surface area contributed by atoms with Gasteiger partial charge < -0.3 is 5.11 Å². The molecule has 1 N–H and O–H groups in total. The normalized spacial score (nSPS) is 10.9. The van der Waals surface area contributed by atoms with Crippen LogP contribution in [0, 0.1) is 0 Å². The van der Waals surface area contributed by atoms with Crippen molar-refractivity contribution in [2.75, 3.05) is 0 Å². The predicted octanol–water partition coefficient (Wildman–Crippen LogP) is 4.72. The van der Waals surface area contributed by atoms with Crippen LogP contribution in [0.3, 0.4) is 0 Å². The SMILES string of the molecule is O=C(/C=C/c1ccc(Cl)c(Cl)c1)c1cc(Br)ccc(=O)c1O. The fourth-order valence-electron chi connectivity index (χ4n) is 1.69. The van der Waals surface area contributed by atoms with Gasteiger partial charge in [-0.3, -0.25) is 9.59 Å². The van der Waals surface area contributed by atoms with Crippen LogP contribution in [0.4, 0.5) is 0 Å². The van der Waals surface area contributed by atoms with E-state index in [-0.39, 0.29) is 5.56 Å². The van der Waals surface area contributed by atoms with Gasteiger partial charge in [0.1, 0.15) is 0 Å². The summed E-state index contributed by atoms with van der Waals surface area (Å²) >= 11 is 14.9. The first-order valence-corrected chi connectivity index (χ1v) is 7.63. The summed E-state index contributed by atoms with van der Waals surface area (Å²) in [4.78, 5) is 23.7. The summed E-state index contributed by atoms with van der Waals surface area (Å²) in [6.45, 7) is 0. The summed E-state index contributed by atoms with van der Waals surface area (Å²) < 4.78 is 0.510. The Morgan fingerprint density at radius 1 is 1.09 bits per heavy atom. The van der Waals surface area contributed by atoms with Crippen molar-refractivity contribution in [2.45, 2.75) is 0 Å². The van der Waals surface area contributed by atoms with E-state index in [0.29, 0.717) is 20.1 Å². The first-order valence-electron chi connectivity index (χ1n) is 6.09. The molecule has 0 saturated heterocycles. The highest BCUT2D eigenvalue weighted by Gasteiger charge is 2.11. The third-order valence-corrected chi connectivity index (χ3v) is 4.03. The summed E-state index contributed by atoms with van der Waals surface area (Å²) in [5, 5.41) is 10.6. The summed E-state index contributed by atoms with van der Waals surface area (Å²) in [5.74, 6) is -1.09. The van der Waals surface area contributed by atoms with Gasteiger partial charge in [-0.1, -0.05) is 51.3 Å². The molecule has 0 aliphatic rings. The van der Waals surface area contributed by atoms with Gasteiger partial charge in [-0.15, -0.1) is 0 Å². The topological polar surface area (TPSA) is 54.4 Å². The van der Waals surface area contributed by atoms with E-state index in [1.165, 1.54) is 30.4 Å². The highest BCUT2D eigenvalue weighted by molar-refractivity contribution is 9.10. The van der Waals surface area contributed by atoms with Crippen LogP contribution in [0.1, 0.15) is 15.9 Å². The molecule has 112 valence electrons. The average Bonchev–Trinajstić information content (AvgIpc) is 2.61. The number of hydrogen-bond acceptors (Lipinski definition) is 3. The molecule has 0 heterocycles. The molecular formula is C16H9BrCl2O3. The molecule has 3 nitrogen and oxygen atoms in total. The zero-order valence-electron chi connectivity index (χ0n) is 11.0. The fourth-order valence-corrected chi connectivity index (χ4v) is 2.35. The minimum atomic E-state index is -0.628. The maximum Gasteiger partial charge on any atom is 0.220 e. The lowest BCUT2D eigenvalue weighted by atomic mass is 10.1. The van der Waals surface area contributed by atoms with Gasteiger partial charge in [-0.2, -0.15) is 0 Å². The summed E-state index contributed by atoms with van der Waals surface area (Å²) in [6.07, 6.45) is 2.77. The molecule has 0 saturated carbocycles. The van der Waals surface area contributed by atoms with Gasteiger partial charge in [-0.25, -0.2) is 0 Å². The Labute approximate surface area is 144 Å². The summed E-state index contributed by atoms with van der Waals surface area (Å²) in [5.41, 5.74) is -0.0425. The third-order valence-electron chi connectivity index (χ3n) is 2.80. The Morgan fingerprint density at radius 3 is 2.50 bits per heavy atom. The van der Waals surface area contributed by atoms with E-state index >= 15 is 0 Å². The van der Waals surface area contributed by atoms with E-state index < -0.39 is 17.0 Å². The van der Waals surface area contributed by atoms with Crippen LogP contribution < -0.4 is 5.43 Å². The predicted molar refractivity (Wildman–Crippen MR) is 91.9 cm³/mol. The summed E-state index contributed by atoms with van der Waals surface area (Å²) in [6, 6.07) is 8.93. The lowest BCUT2D eigenvalue weighted by Crippen LogP contribution is -2.01. The number of halogens is 3. The third kappa shape index (κ3) is 3.97. The van der Waals surface area contributed by atoms with Gasteiger partial charge in [0.05, 0.1) is 15.6 Å². The van der Waals surface area contributed by atoms with E-state index in [1.807, 2.05) is 0 Å². The molecule has 0 atom stereocenters. The first kappa shape index (κ1) is 16.7. The standard InChI is InChI=1S/C16H9BrCl2O3/c17-10-3-6-15(21)16(22)11(8-10)14(20)5-2-9-1-4-12(18)13(19)7-9/h1-8H,(H,21,22)/b5-2+. The van der Waals surface area contributed by atoms with E-state index in [4.69, 9.17) is 23.2 Å². The second kappa shape index (κ2) is 7.09. The molecule has 0 fully saturated rings. The molecule has 2 aromatic carbocycles. The minimum Gasteiger partial charge on any atom is -0.504 e. The fraction of sp³-hybridized carbons (Fsp3) is 0. The van der Waals surface area contributed by atoms with Crippen molar-refractivity contribution in [3.63, 3.8) is 0 Å². The van der Waals surface area contributed by atoms with Crippen molar-refractivity contribution in [3.8, 4) is 5.75 Å². The number of carbonyl (C=O) groups excluding carboxylic acids is 1. The number of aromatic hydroxyl groups is 1. The number of allylic oxidation sites excluding steroid dienone is 1. The average molecular weight is 400 g/mol. The highest BCUT2D eigenvalue weighted by atomic mass is 79.9. The Balaban J connectivity index is 2.37. The Bertz CT molecular complexity index is 832. The Morgan fingerprint density at radius 2 is 1.82 bits per heavy atom. The van der Waals surface area contributed by atoms with Gasteiger partial charge >= 0.3 is 0 Å². The zero-order valence-corrected chi connectivity index (χ0v) is 14.1. The van der Waals surface area contributed by atoms with E-state index in [1.54, 1.807) is 18.2 Å². The molecule has 22 heavy (non-hydrogen) atoms. The lowest BCUT2D eigenvalue weighted by molar-refractivity contribution is 0.104. The van der Waals surface area contributed by atoms with Crippen molar-refractivity contribution >= 4 is 51.0 Å². The van der Waals surface area contributed by atoms with E-state index in [2.05, 4.69) is 15.9 Å². The van der Waals surface area contributed by atoms with Gasteiger partial charge in [0.25, 0.3) is 0 Å². The Kier molecular flexibility index (Phi) is 5.40. The van der Waals surface area contributed by atoms with Crippen LogP contribution in [-0.4, -0.2) is 10.9 Å². The summed E-state index contributed by atoms with van der Waals surface area (Å²) in [7, 11) is 0. The molecule has 0 amide bonds. The van der Waals surface area contributed by atoms with Crippen LogP contribution in [0.5, 0.6) is 5.75 Å². The van der Waals surface area contributed by atoms with Crippen LogP contribution in [0.15, 0.2) is 51.7 Å². The Hall–Kier alpha value is -1.62. The van der Waals surface area contributed by atoms with Crippen LogP contribution in [-0.2, 0) is 0 Å². The molecule has 2 rings (SSSR count). The first-order chi connectivity index (χ1) is 10.4. The largest absolute Gasteiger partial charge is 0.504 e. The van der Waals surface area contributed by atoms with Crippen LogP contribution in [0.2, 0.25) is 10.0 Å². The zero-order chi connectivity index (χ0) is 16.3. The number of hydrogen-bond donors (Lipinski definition) is 1. The second-order valence-electron chi connectivity index (χ2n) is 4.36. The van der Waals surface area contributed by atoms with Crippen molar-refractivity contribution in [3.05, 3.63) is 78.3 Å². The van der Waals surface area contributed by atoms with Crippen LogP contribution in [0.25, 0.3) is 6.08 Å². The molecule has 0 spiro atoms. The van der Waals surface area contributed by atoms with Crippen molar-refractivity contribution < 1.29 is 9.90 Å². The van der Waals surface area contributed by atoms with E-state index in [9.17, 15) is 14.7 Å². The van der Waals surface area contributed by atoms with Gasteiger partial charge in [0.15, 0.2) is 11.5 Å². The van der Waals surface area contributed by atoms with Crippen molar-refractivity contribution in [1.29, 1.82) is 0 Å². The van der Waals surface area contributed by atoms with Gasteiger partial charge in [0.2, 0.25) is 5.43 Å². The smallest absolute Gasteiger partial charge is 0.220 e. The molecule has 0 radical (unpaired) electrons. The molecule has 0 unspecified atom stereocenters. The molecule has 6 heteroatoms. The van der Waals surface area contributed by atoms with Crippen LogP contribution >= 0.6 is 39.1 Å². The molecule has 2 aromatic rings.